The van der Waals surface area contributed by atoms with Crippen LogP contribution < -0.4 is 10.2 Å². The van der Waals surface area contributed by atoms with E-state index in [9.17, 15) is 9.59 Å². The van der Waals surface area contributed by atoms with Crippen molar-refractivity contribution in [3.63, 3.8) is 0 Å². The van der Waals surface area contributed by atoms with Crippen LogP contribution >= 0.6 is 11.3 Å². The summed E-state index contributed by atoms with van der Waals surface area (Å²) in [4.78, 5) is 28.6. The number of benzene rings is 2. The number of hydrogen-bond acceptors (Lipinski definition) is 4. The Kier molecular flexibility index (Phi) is 5.32. The predicted molar refractivity (Wildman–Crippen MR) is 119 cm³/mol. The van der Waals surface area contributed by atoms with Gasteiger partial charge in [-0.1, -0.05) is 44.2 Å². The van der Waals surface area contributed by atoms with Crippen LogP contribution in [0.15, 0.2) is 71.7 Å². The van der Waals surface area contributed by atoms with Crippen LogP contribution in [0.25, 0.3) is 5.57 Å². The van der Waals surface area contributed by atoms with Crippen LogP contribution in [-0.4, -0.2) is 11.8 Å². The van der Waals surface area contributed by atoms with Gasteiger partial charge in [0.1, 0.15) is 5.70 Å². The molecule has 0 atom stereocenters. The molecular weight excluding hydrogens is 380 g/mol. The van der Waals surface area contributed by atoms with Gasteiger partial charge in [0, 0.05) is 10.6 Å². The Morgan fingerprint density at radius 2 is 1.45 bits per heavy atom. The molecule has 4 rings (SSSR count). The van der Waals surface area contributed by atoms with Gasteiger partial charge in [0.25, 0.3) is 11.8 Å². The summed E-state index contributed by atoms with van der Waals surface area (Å²) in [5.74, 6) is -0.628. The SMILES string of the molecule is CCc1ccc(NC2=C(c3cccs3)C(=O)N(c3ccc(CC)cc3)C2=O)cc1. The molecule has 0 bridgehead atoms. The summed E-state index contributed by atoms with van der Waals surface area (Å²) < 4.78 is 0. The number of hydrogen-bond donors (Lipinski definition) is 1. The minimum Gasteiger partial charge on any atom is -0.350 e. The van der Waals surface area contributed by atoms with Gasteiger partial charge in [0.2, 0.25) is 0 Å². The highest BCUT2D eigenvalue weighted by Crippen LogP contribution is 2.35. The molecule has 1 aliphatic heterocycles. The molecule has 3 aromatic rings. The smallest absolute Gasteiger partial charge is 0.282 e. The van der Waals surface area contributed by atoms with Crippen molar-refractivity contribution in [1.82, 2.24) is 0 Å². The highest BCUT2D eigenvalue weighted by molar-refractivity contribution is 7.11. The van der Waals surface area contributed by atoms with Crippen LogP contribution in [0.4, 0.5) is 11.4 Å². The minimum atomic E-state index is -0.331. The Bertz CT molecular complexity index is 1070. The first-order chi connectivity index (χ1) is 14.1. The first kappa shape index (κ1) is 19.2. The van der Waals surface area contributed by atoms with E-state index in [1.807, 2.05) is 66.0 Å². The number of anilines is 2. The van der Waals surface area contributed by atoms with Crippen molar-refractivity contribution in [3.8, 4) is 0 Å². The molecule has 0 aliphatic carbocycles. The fraction of sp³-hybridized carbons (Fsp3) is 0.167. The first-order valence-electron chi connectivity index (χ1n) is 9.74. The Morgan fingerprint density at radius 3 is 2.00 bits per heavy atom. The summed E-state index contributed by atoms with van der Waals surface area (Å²) in [6.07, 6.45) is 1.85. The Hall–Kier alpha value is -3.18. The van der Waals surface area contributed by atoms with Gasteiger partial charge >= 0.3 is 0 Å². The Labute approximate surface area is 174 Å². The molecule has 5 heteroatoms. The van der Waals surface area contributed by atoms with Gasteiger partial charge in [-0.25, -0.2) is 4.90 Å². The normalized spacial score (nSPS) is 14.1. The Morgan fingerprint density at radius 1 is 0.828 bits per heavy atom. The number of thiophene rings is 1. The summed E-state index contributed by atoms with van der Waals surface area (Å²) in [5.41, 5.74) is 4.49. The maximum absolute atomic E-state index is 13.3. The number of carbonyl (C=O) groups excluding carboxylic acids is 2. The van der Waals surface area contributed by atoms with E-state index < -0.39 is 0 Å². The number of nitrogens with zero attached hydrogens (tertiary/aromatic N) is 1. The molecule has 29 heavy (non-hydrogen) atoms. The third-order valence-corrected chi connectivity index (χ3v) is 5.97. The average molecular weight is 403 g/mol. The van der Waals surface area contributed by atoms with Gasteiger partial charge in [-0.3, -0.25) is 9.59 Å². The lowest BCUT2D eigenvalue weighted by Gasteiger charge is -2.16. The lowest BCUT2D eigenvalue weighted by molar-refractivity contribution is -0.120. The van der Waals surface area contributed by atoms with Crippen LogP contribution in [0.2, 0.25) is 0 Å². The van der Waals surface area contributed by atoms with E-state index >= 15 is 0 Å². The molecule has 0 saturated carbocycles. The average Bonchev–Trinajstić information content (AvgIpc) is 3.36. The third kappa shape index (κ3) is 3.61. The quantitative estimate of drug-likeness (QED) is 0.572. The second-order valence-corrected chi connectivity index (χ2v) is 7.82. The van der Waals surface area contributed by atoms with E-state index in [2.05, 4.69) is 19.2 Å². The molecule has 2 aromatic carbocycles. The van der Waals surface area contributed by atoms with Crippen molar-refractivity contribution >= 4 is 40.1 Å². The monoisotopic (exact) mass is 402 g/mol. The molecule has 146 valence electrons. The lowest BCUT2D eigenvalue weighted by atomic mass is 10.1. The van der Waals surface area contributed by atoms with Crippen LogP contribution in [-0.2, 0) is 22.4 Å². The standard InChI is InChI=1S/C24H22N2O2S/c1-3-16-7-11-18(12-8-16)25-22-21(20-6-5-15-29-20)23(27)26(24(22)28)19-13-9-17(4-2)10-14-19/h5-15,25H,3-4H2,1-2H3. The fourth-order valence-electron chi connectivity index (χ4n) is 3.38. The van der Waals surface area contributed by atoms with Gasteiger partial charge in [0.15, 0.2) is 0 Å². The van der Waals surface area contributed by atoms with Gasteiger partial charge in [0.05, 0.1) is 11.3 Å². The molecule has 0 unspecified atom stereocenters. The van der Waals surface area contributed by atoms with Gasteiger partial charge in [-0.2, -0.15) is 0 Å². The number of aryl methyl sites for hydroxylation is 2. The van der Waals surface area contributed by atoms with E-state index in [1.165, 1.54) is 21.8 Å². The number of rotatable bonds is 6. The van der Waals surface area contributed by atoms with E-state index in [1.54, 1.807) is 0 Å². The molecule has 0 saturated heterocycles. The van der Waals surface area contributed by atoms with Crippen LogP contribution in [0.1, 0.15) is 29.9 Å². The summed E-state index contributed by atoms with van der Waals surface area (Å²) in [6.45, 7) is 4.17. The number of nitrogens with one attached hydrogen (secondary N) is 1. The largest absolute Gasteiger partial charge is 0.350 e. The zero-order valence-electron chi connectivity index (χ0n) is 16.4. The van der Waals surface area contributed by atoms with Crippen molar-refractivity contribution in [3.05, 3.63) is 87.7 Å². The topological polar surface area (TPSA) is 49.4 Å². The van der Waals surface area contributed by atoms with E-state index in [4.69, 9.17) is 0 Å². The van der Waals surface area contributed by atoms with E-state index in [0.29, 0.717) is 17.0 Å². The molecule has 4 nitrogen and oxygen atoms in total. The van der Waals surface area contributed by atoms with Crippen LogP contribution in [0.5, 0.6) is 0 Å². The van der Waals surface area contributed by atoms with E-state index in [0.717, 1.165) is 29.0 Å². The molecule has 0 spiro atoms. The fourth-order valence-corrected chi connectivity index (χ4v) is 4.15. The number of imide groups is 1. The highest BCUT2D eigenvalue weighted by Gasteiger charge is 2.40. The molecule has 1 N–H and O–H groups in total. The number of carbonyl (C=O) groups is 2. The number of amides is 2. The predicted octanol–water partition coefficient (Wildman–Crippen LogP) is 5.27. The van der Waals surface area contributed by atoms with Crippen molar-refractivity contribution in [1.29, 1.82) is 0 Å². The first-order valence-corrected chi connectivity index (χ1v) is 10.6. The molecule has 0 radical (unpaired) electrons. The van der Waals surface area contributed by atoms with Gasteiger partial charge in [-0.15, -0.1) is 11.3 Å². The van der Waals surface area contributed by atoms with Crippen molar-refractivity contribution in [2.45, 2.75) is 26.7 Å². The maximum atomic E-state index is 13.3. The summed E-state index contributed by atoms with van der Waals surface area (Å²) >= 11 is 1.45. The van der Waals surface area contributed by atoms with Crippen LogP contribution in [0, 0.1) is 0 Å². The second-order valence-electron chi connectivity index (χ2n) is 6.87. The lowest BCUT2D eigenvalue weighted by Crippen LogP contribution is -2.32. The summed E-state index contributed by atoms with van der Waals surface area (Å²) in [5, 5.41) is 5.12. The summed E-state index contributed by atoms with van der Waals surface area (Å²) in [6, 6.07) is 19.3. The zero-order valence-corrected chi connectivity index (χ0v) is 17.3. The molecular formula is C24H22N2O2S. The van der Waals surface area contributed by atoms with Crippen molar-refractivity contribution in [2.24, 2.45) is 0 Å². The second kappa shape index (κ2) is 8.05. The molecule has 0 fully saturated rings. The molecule has 2 amide bonds. The Balaban J connectivity index is 1.73. The zero-order chi connectivity index (χ0) is 20.4. The minimum absolute atomic E-state index is 0.297. The van der Waals surface area contributed by atoms with Crippen LogP contribution in [0.3, 0.4) is 0 Å². The maximum Gasteiger partial charge on any atom is 0.282 e. The molecule has 1 aliphatic rings. The van der Waals surface area contributed by atoms with Gasteiger partial charge in [-0.05, 0) is 59.7 Å². The van der Waals surface area contributed by atoms with Crippen molar-refractivity contribution < 1.29 is 9.59 Å². The van der Waals surface area contributed by atoms with Gasteiger partial charge < -0.3 is 5.32 Å². The molecule has 1 aromatic heterocycles. The van der Waals surface area contributed by atoms with E-state index in [-0.39, 0.29) is 11.8 Å². The highest BCUT2D eigenvalue weighted by atomic mass is 32.1. The summed E-state index contributed by atoms with van der Waals surface area (Å²) in [7, 11) is 0. The third-order valence-electron chi connectivity index (χ3n) is 5.09. The van der Waals surface area contributed by atoms with Crippen molar-refractivity contribution in [2.75, 3.05) is 10.2 Å². The molecule has 2 heterocycles.